The van der Waals surface area contributed by atoms with Crippen molar-refractivity contribution in [3.8, 4) is 0 Å². The second-order valence-electron chi connectivity index (χ2n) is 4.96. The quantitative estimate of drug-likeness (QED) is 0.739. The summed E-state index contributed by atoms with van der Waals surface area (Å²) >= 11 is 0. The number of carbonyl (C=O) groups is 2. The Balaban J connectivity index is 2.58. The summed E-state index contributed by atoms with van der Waals surface area (Å²) in [5.41, 5.74) is -1.13. The number of hydrogen-bond donors (Lipinski definition) is 3. The first-order valence-corrected chi connectivity index (χ1v) is 6.00. The molecule has 19 heavy (non-hydrogen) atoms. The molecule has 1 saturated carbocycles. The van der Waals surface area contributed by atoms with Gasteiger partial charge in [-0.3, -0.25) is 4.79 Å². The molecule has 0 saturated heterocycles. The second-order valence-corrected chi connectivity index (χ2v) is 4.96. The fourth-order valence-electron chi connectivity index (χ4n) is 2.21. The van der Waals surface area contributed by atoms with Crippen LogP contribution in [0, 0.1) is 5.41 Å². The lowest BCUT2D eigenvalue weighted by Crippen LogP contribution is -2.55. The molecule has 5 nitrogen and oxygen atoms in total. The summed E-state index contributed by atoms with van der Waals surface area (Å²) in [5, 5.41) is 13.2. The average Bonchev–Trinajstić information content (AvgIpc) is 2.28. The van der Waals surface area contributed by atoms with Crippen molar-refractivity contribution in [3.63, 3.8) is 0 Å². The Morgan fingerprint density at radius 2 is 2.00 bits per heavy atom. The zero-order chi connectivity index (χ0) is 14.7. The maximum Gasteiger partial charge on any atom is 0.405 e. The normalized spacial score (nSPS) is 27.7. The van der Waals surface area contributed by atoms with Crippen molar-refractivity contribution in [3.05, 3.63) is 0 Å². The minimum absolute atomic E-state index is 0.395. The number of aliphatic carboxylic acids is 1. The van der Waals surface area contributed by atoms with Gasteiger partial charge in [-0.1, -0.05) is 12.8 Å². The van der Waals surface area contributed by atoms with E-state index in [-0.39, 0.29) is 0 Å². The molecule has 1 aliphatic carbocycles. The Morgan fingerprint density at radius 1 is 1.37 bits per heavy atom. The minimum atomic E-state index is -4.49. The van der Waals surface area contributed by atoms with Crippen LogP contribution >= 0.6 is 0 Å². The van der Waals surface area contributed by atoms with Crippen molar-refractivity contribution < 1.29 is 27.9 Å². The molecule has 0 aromatic heterocycles. The molecule has 1 rings (SSSR count). The number of urea groups is 1. The molecule has 0 spiro atoms. The van der Waals surface area contributed by atoms with Gasteiger partial charge in [-0.25, -0.2) is 4.79 Å². The fraction of sp³-hybridized carbons (Fsp3) is 0.818. The summed E-state index contributed by atoms with van der Waals surface area (Å²) in [4.78, 5) is 22.6. The van der Waals surface area contributed by atoms with Crippen LogP contribution in [-0.4, -0.2) is 35.9 Å². The van der Waals surface area contributed by atoms with E-state index in [0.717, 1.165) is 12.8 Å². The van der Waals surface area contributed by atoms with Crippen LogP contribution in [0.1, 0.15) is 32.6 Å². The average molecular weight is 282 g/mol. The molecule has 8 heteroatoms. The van der Waals surface area contributed by atoms with Gasteiger partial charge in [0.2, 0.25) is 0 Å². The van der Waals surface area contributed by atoms with Crippen molar-refractivity contribution in [2.45, 2.75) is 44.8 Å². The summed E-state index contributed by atoms with van der Waals surface area (Å²) < 4.78 is 35.8. The van der Waals surface area contributed by atoms with E-state index < -0.39 is 36.2 Å². The Hall–Kier alpha value is -1.47. The molecule has 0 aromatic carbocycles. The van der Waals surface area contributed by atoms with Gasteiger partial charge in [0, 0.05) is 6.04 Å². The first-order chi connectivity index (χ1) is 8.65. The summed E-state index contributed by atoms with van der Waals surface area (Å²) in [6.07, 6.45) is -2.17. The molecule has 0 radical (unpaired) electrons. The molecule has 1 fully saturated rings. The monoisotopic (exact) mass is 282 g/mol. The van der Waals surface area contributed by atoms with Gasteiger partial charge in [0.05, 0.1) is 5.41 Å². The predicted molar refractivity (Wildman–Crippen MR) is 60.6 cm³/mol. The highest BCUT2D eigenvalue weighted by atomic mass is 19.4. The number of nitrogens with one attached hydrogen (secondary N) is 2. The third kappa shape index (κ3) is 4.29. The lowest BCUT2D eigenvalue weighted by atomic mass is 9.72. The lowest BCUT2D eigenvalue weighted by Gasteiger charge is -2.38. The Morgan fingerprint density at radius 3 is 2.53 bits per heavy atom. The molecule has 2 amide bonds. The standard InChI is InChI=1S/C11H17F3N2O3/c1-10(8(17)18)5-3-2-4-7(10)16-9(19)15-6-11(12,13)14/h7H,2-6H2,1H3,(H,17,18)(H2,15,16,19). The number of alkyl halides is 3. The van der Waals surface area contributed by atoms with E-state index in [0.29, 0.717) is 12.8 Å². The van der Waals surface area contributed by atoms with Crippen LogP contribution in [0.15, 0.2) is 0 Å². The van der Waals surface area contributed by atoms with Crippen molar-refractivity contribution in [2.24, 2.45) is 5.41 Å². The molecular weight excluding hydrogens is 265 g/mol. The van der Waals surface area contributed by atoms with Gasteiger partial charge in [0.15, 0.2) is 0 Å². The topological polar surface area (TPSA) is 78.4 Å². The number of carbonyl (C=O) groups excluding carboxylic acids is 1. The largest absolute Gasteiger partial charge is 0.481 e. The highest BCUT2D eigenvalue weighted by Crippen LogP contribution is 2.36. The summed E-state index contributed by atoms with van der Waals surface area (Å²) in [6.45, 7) is 0.0680. The van der Waals surface area contributed by atoms with Crippen LogP contribution in [0.2, 0.25) is 0 Å². The SMILES string of the molecule is CC1(C(=O)O)CCCCC1NC(=O)NCC(F)(F)F. The van der Waals surface area contributed by atoms with Crippen LogP contribution in [0.25, 0.3) is 0 Å². The van der Waals surface area contributed by atoms with Gasteiger partial charge in [-0.2, -0.15) is 13.2 Å². The maximum absolute atomic E-state index is 11.9. The molecule has 110 valence electrons. The second kappa shape index (κ2) is 5.66. The third-order valence-electron chi connectivity index (χ3n) is 3.45. The van der Waals surface area contributed by atoms with E-state index in [4.69, 9.17) is 0 Å². The fourth-order valence-corrected chi connectivity index (χ4v) is 2.21. The summed E-state index contributed by atoms with van der Waals surface area (Å²) in [6, 6.07) is -1.65. The molecule has 0 aromatic rings. The molecule has 0 heterocycles. The third-order valence-corrected chi connectivity index (χ3v) is 3.45. The minimum Gasteiger partial charge on any atom is -0.481 e. The first kappa shape index (κ1) is 15.6. The number of amides is 2. The van der Waals surface area contributed by atoms with Crippen molar-refractivity contribution in [2.75, 3.05) is 6.54 Å². The van der Waals surface area contributed by atoms with Crippen molar-refractivity contribution in [1.82, 2.24) is 10.6 Å². The molecule has 3 N–H and O–H groups in total. The van der Waals surface area contributed by atoms with Crippen LogP contribution in [-0.2, 0) is 4.79 Å². The number of halogens is 3. The van der Waals surface area contributed by atoms with Gasteiger partial charge in [-0.15, -0.1) is 0 Å². The Labute approximate surface area is 108 Å². The Kier molecular flexibility index (Phi) is 4.65. The predicted octanol–water partition coefficient (Wildman–Crippen LogP) is 1.88. The zero-order valence-electron chi connectivity index (χ0n) is 10.5. The van der Waals surface area contributed by atoms with E-state index in [2.05, 4.69) is 5.32 Å². The van der Waals surface area contributed by atoms with Gasteiger partial charge >= 0.3 is 18.2 Å². The van der Waals surface area contributed by atoms with Gasteiger partial charge in [-0.05, 0) is 19.8 Å². The van der Waals surface area contributed by atoms with E-state index in [1.807, 2.05) is 0 Å². The zero-order valence-corrected chi connectivity index (χ0v) is 10.5. The highest BCUT2D eigenvalue weighted by molar-refractivity contribution is 5.79. The molecular formula is C11H17F3N2O3. The summed E-state index contributed by atoms with van der Waals surface area (Å²) in [5.74, 6) is -1.05. The number of carboxylic acid groups (broad SMARTS) is 1. The van der Waals surface area contributed by atoms with E-state index in [1.54, 1.807) is 5.32 Å². The van der Waals surface area contributed by atoms with Crippen molar-refractivity contribution in [1.29, 1.82) is 0 Å². The van der Waals surface area contributed by atoms with Crippen LogP contribution in [0.4, 0.5) is 18.0 Å². The van der Waals surface area contributed by atoms with E-state index in [9.17, 15) is 27.9 Å². The first-order valence-electron chi connectivity index (χ1n) is 6.00. The summed E-state index contributed by atoms with van der Waals surface area (Å²) in [7, 11) is 0. The molecule has 2 atom stereocenters. The molecule has 0 bridgehead atoms. The molecule has 2 unspecified atom stereocenters. The highest BCUT2D eigenvalue weighted by Gasteiger charge is 2.44. The van der Waals surface area contributed by atoms with Gasteiger partial charge < -0.3 is 15.7 Å². The number of hydrogen-bond acceptors (Lipinski definition) is 2. The number of rotatable bonds is 3. The lowest BCUT2D eigenvalue weighted by molar-refractivity contribution is -0.151. The Bertz CT molecular complexity index is 360. The van der Waals surface area contributed by atoms with Crippen LogP contribution < -0.4 is 10.6 Å². The molecule has 0 aliphatic heterocycles. The van der Waals surface area contributed by atoms with Crippen LogP contribution in [0.3, 0.4) is 0 Å². The van der Waals surface area contributed by atoms with E-state index in [1.165, 1.54) is 6.92 Å². The van der Waals surface area contributed by atoms with Crippen molar-refractivity contribution >= 4 is 12.0 Å². The number of carboxylic acids is 1. The molecule has 1 aliphatic rings. The van der Waals surface area contributed by atoms with Gasteiger partial charge in [0.25, 0.3) is 0 Å². The smallest absolute Gasteiger partial charge is 0.405 e. The van der Waals surface area contributed by atoms with Gasteiger partial charge in [0.1, 0.15) is 6.54 Å². The maximum atomic E-state index is 11.9. The van der Waals surface area contributed by atoms with E-state index >= 15 is 0 Å². The van der Waals surface area contributed by atoms with Crippen LogP contribution in [0.5, 0.6) is 0 Å².